The minimum atomic E-state index is 0.491. The molecule has 0 saturated heterocycles. The van der Waals surface area contributed by atoms with E-state index >= 15 is 0 Å². The number of rotatable bonds is 2. The van der Waals surface area contributed by atoms with E-state index < -0.39 is 0 Å². The predicted octanol–water partition coefficient (Wildman–Crippen LogP) is 5.20. The Morgan fingerprint density at radius 2 is 1.72 bits per heavy atom. The molecule has 1 fully saturated rings. The number of benzene rings is 1. The van der Waals surface area contributed by atoms with E-state index in [-0.39, 0.29) is 0 Å². The molecule has 0 aliphatic heterocycles. The van der Waals surface area contributed by atoms with Crippen molar-refractivity contribution in [3.05, 3.63) is 44.1 Å². The first-order valence-electron chi connectivity index (χ1n) is 5.64. The Bertz CT molecular complexity index is 595. The molecule has 1 aromatic carbocycles. The first kappa shape index (κ1) is 12.6. The summed E-state index contributed by atoms with van der Waals surface area (Å²) in [5.41, 5.74) is 2.02. The van der Waals surface area contributed by atoms with Gasteiger partial charge in [0.2, 0.25) is 0 Å². The lowest BCUT2D eigenvalue weighted by Gasteiger charge is -2.07. The molecule has 3 rings (SSSR count). The topological polar surface area (TPSA) is 25.8 Å². The summed E-state index contributed by atoms with van der Waals surface area (Å²) >= 11 is 13.1. The van der Waals surface area contributed by atoms with E-state index in [4.69, 9.17) is 11.6 Å². The zero-order valence-electron chi connectivity index (χ0n) is 9.33. The summed E-state index contributed by atoms with van der Waals surface area (Å²) in [4.78, 5) is 8.97. The molecule has 0 amide bonds. The van der Waals surface area contributed by atoms with E-state index in [1.54, 1.807) is 0 Å². The van der Waals surface area contributed by atoms with Gasteiger partial charge in [0.05, 0.1) is 10.2 Å². The Hall–Kier alpha value is -0.450. The van der Waals surface area contributed by atoms with E-state index in [1.807, 2.05) is 24.3 Å². The third-order valence-electron chi connectivity index (χ3n) is 2.90. The van der Waals surface area contributed by atoms with Crippen LogP contribution in [0.25, 0.3) is 11.4 Å². The molecule has 0 unspecified atom stereocenters. The standard InChI is InChI=1S/C13H9Br2ClN2/c14-9-5-3-8(4-6-9)13-17-11(7-1-2-7)10(15)12(16)18-13/h3-7H,1-2H2. The van der Waals surface area contributed by atoms with Crippen LogP contribution in [0.15, 0.2) is 33.2 Å². The minimum Gasteiger partial charge on any atom is -0.231 e. The summed E-state index contributed by atoms with van der Waals surface area (Å²) in [7, 11) is 0. The smallest absolute Gasteiger partial charge is 0.161 e. The van der Waals surface area contributed by atoms with Gasteiger partial charge in [0.15, 0.2) is 5.82 Å². The highest BCUT2D eigenvalue weighted by Crippen LogP contribution is 2.44. The number of hydrogen-bond donors (Lipinski definition) is 0. The van der Waals surface area contributed by atoms with E-state index in [0.717, 1.165) is 20.2 Å². The maximum Gasteiger partial charge on any atom is 0.161 e. The summed E-state index contributed by atoms with van der Waals surface area (Å²) in [5, 5.41) is 0.491. The van der Waals surface area contributed by atoms with Crippen molar-refractivity contribution in [1.82, 2.24) is 9.97 Å². The van der Waals surface area contributed by atoms with Crippen molar-refractivity contribution in [1.29, 1.82) is 0 Å². The SMILES string of the molecule is Clc1nc(-c2ccc(Br)cc2)nc(C2CC2)c1Br. The van der Waals surface area contributed by atoms with Gasteiger partial charge in [-0.2, -0.15) is 0 Å². The average Bonchev–Trinajstić information content (AvgIpc) is 3.18. The highest BCUT2D eigenvalue weighted by Gasteiger charge is 2.29. The molecule has 1 heterocycles. The largest absolute Gasteiger partial charge is 0.231 e. The molecule has 1 aromatic heterocycles. The van der Waals surface area contributed by atoms with E-state index in [2.05, 4.69) is 41.8 Å². The van der Waals surface area contributed by atoms with Gasteiger partial charge >= 0.3 is 0 Å². The number of halogens is 3. The molecule has 0 atom stereocenters. The molecule has 5 heteroatoms. The van der Waals surface area contributed by atoms with Gasteiger partial charge in [-0.25, -0.2) is 9.97 Å². The second-order valence-electron chi connectivity index (χ2n) is 4.32. The van der Waals surface area contributed by atoms with Crippen LogP contribution in [-0.4, -0.2) is 9.97 Å². The Balaban J connectivity index is 2.09. The van der Waals surface area contributed by atoms with Gasteiger partial charge in [0.1, 0.15) is 5.15 Å². The highest BCUT2D eigenvalue weighted by molar-refractivity contribution is 9.10. The summed E-state index contributed by atoms with van der Waals surface area (Å²) in [6.45, 7) is 0. The molecule has 1 aliphatic carbocycles. The number of nitrogens with zero attached hydrogens (tertiary/aromatic N) is 2. The van der Waals surface area contributed by atoms with Gasteiger partial charge < -0.3 is 0 Å². The highest BCUT2D eigenvalue weighted by atomic mass is 79.9. The van der Waals surface area contributed by atoms with E-state index in [9.17, 15) is 0 Å². The first-order valence-corrected chi connectivity index (χ1v) is 7.60. The Morgan fingerprint density at radius 3 is 2.33 bits per heavy atom. The van der Waals surface area contributed by atoms with Crippen LogP contribution in [-0.2, 0) is 0 Å². The van der Waals surface area contributed by atoms with Crippen molar-refractivity contribution < 1.29 is 0 Å². The number of aromatic nitrogens is 2. The lowest BCUT2D eigenvalue weighted by Crippen LogP contribution is -1.97. The molecular weight excluding hydrogens is 379 g/mol. The van der Waals surface area contributed by atoms with Crippen LogP contribution >= 0.6 is 43.5 Å². The second kappa shape index (κ2) is 4.91. The number of hydrogen-bond acceptors (Lipinski definition) is 2. The zero-order valence-corrected chi connectivity index (χ0v) is 13.3. The Kier molecular flexibility index (Phi) is 3.43. The fourth-order valence-corrected chi connectivity index (χ4v) is 2.73. The molecule has 92 valence electrons. The lowest BCUT2D eigenvalue weighted by atomic mass is 10.2. The van der Waals surface area contributed by atoms with Gasteiger partial charge in [0.25, 0.3) is 0 Å². The van der Waals surface area contributed by atoms with Crippen LogP contribution in [0.5, 0.6) is 0 Å². The average molecular weight is 388 g/mol. The van der Waals surface area contributed by atoms with Crippen LogP contribution in [0.2, 0.25) is 5.15 Å². The summed E-state index contributed by atoms with van der Waals surface area (Å²) in [6.07, 6.45) is 2.37. The molecule has 2 nitrogen and oxygen atoms in total. The summed E-state index contributed by atoms with van der Waals surface area (Å²) in [6, 6.07) is 7.93. The normalized spacial score (nSPS) is 14.8. The van der Waals surface area contributed by atoms with Crippen molar-refractivity contribution >= 4 is 43.5 Å². The van der Waals surface area contributed by atoms with Crippen molar-refractivity contribution in [2.24, 2.45) is 0 Å². The molecule has 18 heavy (non-hydrogen) atoms. The molecule has 1 aliphatic rings. The fourth-order valence-electron chi connectivity index (χ4n) is 1.79. The molecule has 2 aromatic rings. The van der Waals surface area contributed by atoms with Crippen LogP contribution < -0.4 is 0 Å². The van der Waals surface area contributed by atoms with Gasteiger partial charge in [-0.05, 0) is 40.9 Å². The van der Waals surface area contributed by atoms with Crippen LogP contribution in [0, 0.1) is 0 Å². The maximum absolute atomic E-state index is 6.16. The quantitative estimate of drug-likeness (QED) is 0.661. The van der Waals surface area contributed by atoms with Crippen molar-refractivity contribution in [3.8, 4) is 11.4 Å². The van der Waals surface area contributed by atoms with Crippen molar-refractivity contribution in [2.45, 2.75) is 18.8 Å². The van der Waals surface area contributed by atoms with Crippen molar-refractivity contribution in [3.63, 3.8) is 0 Å². The van der Waals surface area contributed by atoms with Crippen LogP contribution in [0.4, 0.5) is 0 Å². The van der Waals surface area contributed by atoms with Crippen molar-refractivity contribution in [2.75, 3.05) is 0 Å². The third-order valence-corrected chi connectivity index (χ3v) is 4.72. The molecule has 0 N–H and O–H groups in total. The Labute approximate surface area is 127 Å². The predicted molar refractivity (Wildman–Crippen MR) is 79.9 cm³/mol. The van der Waals surface area contributed by atoms with Gasteiger partial charge in [-0.15, -0.1) is 0 Å². The summed E-state index contributed by atoms with van der Waals surface area (Å²) < 4.78 is 1.88. The Morgan fingerprint density at radius 1 is 1.06 bits per heavy atom. The van der Waals surface area contributed by atoms with Crippen LogP contribution in [0.3, 0.4) is 0 Å². The molecule has 0 spiro atoms. The minimum absolute atomic E-state index is 0.491. The van der Waals surface area contributed by atoms with Gasteiger partial charge in [-0.1, -0.05) is 39.7 Å². The van der Waals surface area contributed by atoms with E-state index in [1.165, 1.54) is 12.8 Å². The third kappa shape index (κ3) is 2.46. The molecule has 0 bridgehead atoms. The van der Waals surface area contributed by atoms with Gasteiger partial charge in [-0.3, -0.25) is 0 Å². The second-order valence-corrected chi connectivity index (χ2v) is 6.39. The molecule has 1 saturated carbocycles. The van der Waals surface area contributed by atoms with Gasteiger partial charge in [0, 0.05) is 16.0 Å². The van der Waals surface area contributed by atoms with E-state index in [0.29, 0.717) is 16.9 Å². The fraction of sp³-hybridized carbons (Fsp3) is 0.231. The first-order chi connectivity index (χ1) is 8.65. The molecular formula is C13H9Br2ClN2. The lowest BCUT2D eigenvalue weighted by molar-refractivity contribution is 0.979. The molecule has 0 radical (unpaired) electrons. The summed E-state index contributed by atoms with van der Waals surface area (Å²) in [5.74, 6) is 1.23. The maximum atomic E-state index is 6.16. The monoisotopic (exact) mass is 386 g/mol. The van der Waals surface area contributed by atoms with Crippen LogP contribution in [0.1, 0.15) is 24.5 Å². The zero-order chi connectivity index (χ0) is 12.7.